The second-order valence-corrected chi connectivity index (χ2v) is 34.9. The average molecular weight is 1390 g/mol. The third-order valence-electron chi connectivity index (χ3n) is 21.6. The summed E-state index contributed by atoms with van der Waals surface area (Å²) in [5, 5.41) is 23.6. The zero-order valence-corrected chi connectivity index (χ0v) is 61.5. The van der Waals surface area contributed by atoms with Gasteiger partial charge in [-0.25, -0.2) is 18.1 Å². The van der Waals surface area contributed by atoms with E-state index >= 15 is 0 Å². The van der Waals surface area contributed by atoms with E-state index in [0.29, 0.717) is 48.6 Å². The Balaban J connectivity index is 0.598. The van der Waals surface area contributed by atoms with Crippen molar-refractivity contribution < 1.29 is 37.5 Å². The third-order valence-corrected chi connectivity index (χ3v) is 25.0. The summed E-state index contributed by atoms with van der Waals surface area (Å²) < 4.78 is 29.9. The highest BCUT2D eigenvalue weighted by atomic mass is 32.2. The molecule has 0 radical (unpaired) electrons. The van der Waals surface area contributed by atoms with Crippen LogP contribution in [0.15, 0.2) is 124 Å². The molecular formula is C77H104N10O8S3. The van der Waals surface area contributed by atoms with Gasteiger partial charge >= 0.3 is 0 Å². The Morgan fingerprint density at radius 1 is 0.827 bits per heavy atom. The first-order valence-electron chi connectivity index (χ1n) is 35.6. The average Bonchev–Trinajstić information content (AvgIpc) is 0.898. The number of aliphatic hydroxyl groups excluding tert-OH is 1. The number of piperazine rings is 1. The minimum absolute atomic E-state index is 0.00254. The summed E-state index contributed by atoms with van der Waals surface area (Å²) in [7, 11) is -4.20. The number of β-amino-alcohol motifs (C(OH)–C–C–N with tert-alkyl or cyclic N) is 1. The number of nitrogens with one attached hydrogen (secondary N) is 5. The van der Waals surface area contributed by atoms with Gasteiger partial charge in [-0.2, -0.15) is 0 Å². The molecule has 18 nitrogen and oxygen atoms in total. The largest absolute Gasteiger partial charge is 0.391 e. The van der Waals surface area contributed by atoms with Gasteiger partial charge in [-0.3, -0.25) is 28.9 Å². The third kappa shape index (κ3) is 17.7. The van der Waals surface area contributed by atoms with E-state index in [1.165, 1.54) is 43.4 Å². The summed E-state index contributed by atoms with van der Waals surface area (Å²) >= 11 is 3.32. The number of nitrogens with zero attached hydrogens (tertiary/aromatic N) is 5. The van der Waals surface area contributed by atoms with Crippen LogP contribution in [0.4, 0.5) is 11.4 Å². The molecule has 528 valence electrons. The number of likely N-dealkylation sites (tertiary alicyclic amines) is 2. The van der Waals surface area contributed by atoms with E-state index in [0.717, 1.165) is 108 Å². The molecule has 21 heteroatoms. The first-order chi connectivity index (χ1) is 46.6. The Morgan fingerprint density at radius 3 is 2.22 bits per heavy atom. The van der Waals surface area contributed by atoms with Crippen molar-refractivity contribution in [2.24, 2.45) is 27.6 Å². The topological polar surface area (TPSA) is 226 Å². The highest BCUT2D eigenvalue weighted by molar-refractivity contribution is 7.99. The zero-order valence-electron chi connectivity index (χ0n) is 59.0. The number of rotatable bonds is 28. The maximum Gasteiger partial charge on any atom is 0.264 e. The van der Waals surface area contributed by atoms with Crippen LogP contribution in [0.25, 0.3) is 10.4 Å². The van der Waals surface area contributed by atoms with E-state index < -0.39 is 45.4 Å². The Labute approximate surface area is 589 Å². The van der Waals surface area contributed by atoms with E-state index in [2.05, 4.69) is 78.6 Å². The van der Waals surface area contributed by atoms with Gasteiger partial charge in [0.1, 0.15) is 12.1 Å². The summed E-state index contributed by atoms with van der Waals surface area (Å²) in [5.41, 5.74) is 11.9. The number of sulfonamides is 1. The number of thioether (sulfide) groups is 1. The van der Waals surface area contributed by atoms with E-state index in [-0.39, 0.29) is 65.6 Å². The molecule has 6 N–H and O–H groups in total. The lowest BCUT2D eigenvalue weighted by molar-refractivity contribution is -0.167. The van der Waals surface area contributed by atoms with Crippen molar-refractivity contribution in [2.75, 3.05) is 81.4 Å². The smallest absolute Gasteiger partial charge is 0.264 e. The van der Waals surface area contributed by atoms with E-state index in [1.54, 1.807) is 64.6 Å². The van der Waals surface area contributed by atoms with Crippen LogP contribution in [0.2, 0.25) is 0 Å². The number of carbonyl (C=O) groups excluding carboxylic acids is 5. The van der Waals surface area contributed by atoms with Gasteiger partial charge in [0.05, 0.1) is 39.0 Å². The Bertz CT molecular complexity index is 3790. The fourth-order valence-electron chi connectivity index (χ4n) is 16.1. The summed E-state index contributed by atoms with van der Waals surface area (Å²) in [4.78, 5) is 83.9. The van der Waals surface area contributed by atoms with Crippen molar-refractivity contribution in [2.45, 2.75) is 186 Å². The van der Waals surface area contributed by atoms with E-state index in [1.807, 2.05) is 102 Å². The van der Waals surface area contributed by atoms with Crippen LogP contribution in [0.3, 0.4) is 0 Å². The number of hydrogen-bond acceptors (Lipinski definition) is 15. The fraction of sp³-hybridized carbons (Fsp3) is 0.558. The maximum atomic E-state index is 14.3. The van der Waals surface area contributed by atoms with E-state index in [4.69, 9.17) is 0 Å². The van der Waals surface area contributed by atoms with Crippen molar-refractivity contribution in [1.29, 1.82) is 0 Å². The van der Waals surface area contributed by atoms with Crippen LogP contribution in [0.5, 0.6) is 0 Å². The van der Waals surface area contributed by atoms with Gasteiger partial charge in [0.2, 0.25) is 23.6 Å². The molecule has 5 amide bonds. The van der Waals surface area contributed by atoms with Crippen molar-refractivity contribution >= 4 is 74.0 Å². The number of carbonyl (C=O) groups is 5. The molecule has 6 fully saturated rings. The number of amides is 5. The fourth-order valence-corrected chi connectivity index (χ4v) is 18.9. The normalized spacial score (nSPS) is 23.5. The van der Waals surface area contributed by atoms with Gasteiger partial charge in [-0.1, -0.05) is 102 Å². The minimum atomic E-state index is -4.20. The molecule has 3 saturated heterocycles. The zero-order chi connectivity index (χ0) is 69.7. The number of aliphatic hydroxyl groups is 1. The lowest BCUT2D eigenvalue weighted by Gasteiger charge is -2.72. The molecule has 4 heterocycles. The molecule has 4 aromatic carbocycles. The number of hydrogen-bond donors (Lipinski definition) is 6. The quantitative estimate of drug-likeness (QED) is 0.0156. The number of thiazole rings is 1. The monoisotopic (exact) mass is 1390 g/mol. The molecule has 5 aromatic rings. The summed E-state index contributed by atoms with van der Waals surface area (Å²) in [5.74, 6) is -1.10. The molecule has 6 atom stereocenters. The van der Waals surface area contributed by atoms with Crippen LogP contribution in [0, 0.1) is 41.4 Å². The number of anilines is 2. The number of unbranched alkanes of at least 4 members (excludes halogenated alkanes) is 2. The lowest BCUT2D eigenvalue weighted by atomic mass is 9.33. The number of aryl methyl sites for hydroxylation is 2. The van der Waals surface area contributed by atoms with Crippen molar-refractivity contribution in [3.8, 4) is 10.4 Å². The van der Waals surface area contributed by atoms with Gasteiger partial charge in [0.25, 0.3) is 15.9 Å². The summed E-state index contributed by atoms with van der Waals surface area (Å²) in [6.07, 6.45) is 10.7. The lowest BCUT2D eigenvalue weighted by Crippen LogP contribution is -2.61. The SMILES string of the molecule is Cc1cc(S(=O)(=O)NC(=O)c2ccc(N3CCN(CC4=C(C56CC(C)(C5)C6)CC(C)(C)CC4)CC3)cc2)ccc1N[C@H](CCN1CC[C@H](C(=O)NCCCCCC(=O)N[C@H](C(=O)N2C[C@H](O)C[C@H]2C(=O)N[C@@H](C)c2ccc(-c3scnc3C)cc2)C(C)(C)C)C1)CSc1ccccc1. The molecule has 3 saturated carbocycles. The number of aromatic nitrogens is 1. The first kappa shape index (κ1) is 72.6. The Kier molecular flexibility index (Phi) is 22.7. The Morgan fingerprint density at radius 2 is 1.55 bits per heavy atom. The highest BCUT2D eigenvalue weighted by Gasteiger charge is 2.67. The molecule has 98 heavy (non-hydrogen) atoms. The van der Waals surface area contributed by atoms with Crippen LogP contribution < -0.4 is 30.9 Å². The van der Waals surface area contributed by atoms with Crippen molar-refractivity contribution in [3.63, 3.8) is 0 Å². The van der Waals surface area contributed by atoms with Crippen LogP contribution in [-0.2, 0) is 29.2 Å². The van der Waals surface area contributed by atoms with Gasteiger partial charge in [-0.05, 0) is 184 Å². The molecule has 0 unspecified atom stereocenters. The predicted molar refractivity (Wildman–Crippen MR) is 392 cm³/mol. The molecular weight excluding hydrogens is 1290 g/mol. The van der Waals surface area contributed by atoms with Gasteiger partial charge in [0, 0.05) is 105 Å². The molecule has 7 aliphatic rings. The van der Waals surface area contributed by atoms with E-state index in [9.17, 15) is 37.5 Å². The van der Waals surface area contributed by atoms with Gasteiger partial charge in [-0.15, -0.1) is 23.1 Å². The molecule has 1 aromatic heterocycles. The van der Waals surface area contributed by atoms with Gasteiger partial charge < -0.3 is 41.1 Å². The van der Waals surface area contributed by atoms with Crippen LogP contribution in [0.1, 0.15) is 165 Å². The molecule has 2 bridgehead atoms. The molecule has 0 spiro atoms. The number of benzene rings is 4. The molecule has 3 aliphatic heterocycles. The van der Waals surface area contributed by atoms with Gasteiger partial charge in [0.15, 0.2) is 0 Å². The first-order valence-corrected chi connectivity index (χ1v) is 39.0. The standard InChI is InChI=1S/C77H104N10O8S3/c1-51-40-63(98(94,95)83-71(91)56-23-25-60(26-24-56)86-38-36-85(37-39-86)43-57-29-32-75(7,8)42-64(57)77-47-76(9,48-77)49-77)27-28-65(51)81-59(46-96-62-16-12-10-13-17-62)31-35-84-34-30-58(44-84)70(90)78-33-15-11-14-18-67(89)82-69(74(4,5)6)73(93)87-45-61(88)41-66(87)72(92)80-52(2)54-19-21-55(22-20-54)68-53(3)79-50-97-68/h10,12-13,16-17,19-28,40,50,52,58-59,61,66,69,81,88H,11,14-15,18,29-39,41-49H2,1-9H3,(H,78,90)(H,80,92)(H,82,89)(H,83,91)/t52-,58-,59+,61+,66-,69+,76?,77?/m0/s1. The summed E-state index contributed by atoms with van der Waals surface area (Å²) in [6.45, 7) is 26.2. The van der Waals surface area contributed by atoms with Crippen molar-refractivity contribution in [1.82, 2.24) is 40.4 Å². The van der Waals surface area contributed by atoms with Crippen LogP contribution >= 0.6 is 23.1 Å². The summed E-state index contributed by atoms with van der Waals surface area (Å²) in [6, 6.07) is 28.2. The molecule has 12 rings (SSSR count). The predicted octanol–water partition coefficient (Wildman–Crippen LogP) is 11.7. The number of allylic oxidation sites excluding steroid dienone is 1. The van der Waals surface area contributed by atoms with Crippen LogP contribution in [-0.4, -0.2) is 158 Å². The maximum absolute atomic E-state index is 14.3. The molecule has 4 aliphatic carbocycles. The Hall–Kier alpha value is -6.62. The van der Waals surface area contributed by atoms with Crippen molar-refractivity contribution in [3.05, 3.63) is 136 Å². The second-order valence-electron chi connectivity index (χ2n) is 31.3. The highest BCUT2D eigenvalue weighted by Crippen LogP contribution is 2.77. The minimum Gasteiger partial charge on any atom is -0.391 e. The second kappa shape index (κ2) is 30.7.